The van der Waals surface area contributed by atoms with Crippen molar-refractivity contribution in [1.82, 2.24) is 4.98 Å². The standard InChI is InChI=1S/C10H7BrN2O/c1-2-5-12-10-13-8-4-3-7(11)6-9(8)14-10/h1,3-4,6H,5H2,(H,12,13). The molecule has 2 aromatic rings. The van der Waals surface area contributed by atoms with Crippen molar-refractivity contribution in [2.45, 2.75) is 0 Å². The number of oxazole rings is 1. The number of nitrogens with one attached hydrogen (secondary N) is 1. The van der Waals surface area contributed by atoms with Gasteiger partial charge in [-0.3, -0.25) is 0 Å². The maximum atomic E-state index is 5.40. The Labute approximate surface area is 89.6 Å². The molecule has 0 aliphatic heterocycles. The molecule has 2 rings (SSSR count). The number of hydrogen-bond acceptors (Lipinski definition) is 3. The Morgan fingerprint density at radius 3 is 3.21 bits per heavy atom. The molecule has 0 atom stereocenters. The lowest BCUT2D eigenvalue weighted by Crippen LogP contribution is -1.97. The Bertz CT molecular complexity index is 498. The van der Waals surface area contributed by atoms with E-state index in [1.165, 1.54) is 0 Å². The van der Waals surface area contributed by atoms with Gasteiger partial charge < -0.3 is 9.73 Å². The van der Waals surface area contributed by atoms with E-state index in [0.29, 0.717) is 12.6 Å². The fourth-order valence-corrected chi connectivity index (χ4v) is 1.44. The Morgan fingerprint density at radius 1 is 1.57 bits per heavy atom. The Balaban J connectivity index is 2.37. The number of benzene rings is 1. The molecule has 1 heterocycles. The molecule has 70 valence electrons. The first-order valence-electron chi connectivity index (χ1n) is 4.03. The van der Waals surface area contributed by atoms with Crippen LogP contribution in [-0.2, 0) is 0 Å². The molecule has 1 aromatic carbocycles. The van der Waals surface area contributed by atoms with Gasteiger partial charge in [0.05, 0.1) is 6.54 Å². The van der Waals surface area contributed by atoms with E-state index in [4.69, 9.17) is 10.8 Å². The summed E-state index contributed by atoms with van der Waals surface area (Å²) in [7, 11) is 0. The average Bonchev–Trinajstić information content (AvgIpc) is 2.56. The molecular formula is C10H7BrN2O. The molecule has 0 saturated heterocycles. The summed E-state index contributed by atoms with van der Waals surface area (Å²) in [6.07, 6.45) is 5.11. The summed E-state index contributed by atoms with van der Waals surface area (Å²) in [6, 6.07) is 6.11. The summed E-state index contributed by atoms with van der Waals surface area (Å²) >= 11 is 3.35. The Hall–Kier alpha value is -1.47. The smallest absolute Gasteiger partial charge is 0.296 e. The van der Waals surface area contributed by atoms with Crippen molar-refractivity contribution in [3.8, 4) is 12.3 Å². The Kier molecular flexibility index (Phi) is 2.42. The van der Waals surface area contributed by atoms with Crippen LogP contribution in [0, 0.1) is 12.3 Å². The zero-order valence-corrected chi connectivity index (χ0v) is 8.84. The number of anilines is 1. The SMILES string of the molecule is C#CCNc1nc2ccc(Br)cc2o1. The first-order valence-corrected chi connectivity index (χ1v) is 4.82. The zero-order chi connectivity index (χ0) is 9.97. The lowest BCUT2D eigenvalue weighted by molar-refractivity contribution is 0.618. The van der Waals surface area contributed by atoms with Gasteiger partial charge in [-0.1, -0.05) is 21.9 Å². The monoisotopic (exact) mass is 250 g/mol. The van der Waals surface area contributed by atoms with Gasteiger partial charge in [0.1, 0.15) is 5.52 Å². The summed E-state index contributed by atoms with van der Waals surface area (Å²) in [5.41, 5.74) is 1.55. The molecule has 0 radical (unpaired) electrons. The number of fused-ring (bicyclic) bond motifs is 1. The molecule has 0 unspecified atom stereocenters. The highest BCUT2D eigenvalue weighted by Crippen LogP contribution is 2.22. The van der Waals surface area contributed by atoms with Crippen LogP contribution in [0.15, 0.2) is 27.1 Å². The van der Waals surface area contributed by atoms with E-state index in [9.17, 15) is 0 Å². The number of halogens is 1. The number of rotatable bonds is 2. The lowest BCUT2D eigenvalue weighted by Gasteiger charge is -1.91. The van der Waals surface area contributed by atoms with Gasteiger partial charge in [-0.2, -0.15) is 4.98 Å². The van der Waals surface area contributed by atoms with E-state index in [1.54, 1.807) is 0 Å². The summed E-state index contributed by atoms with van der Waals surface area (Å²) in [5, 5.41) is 2.87. The first-order chi connectivity index (χ1) is 6.79. The zero-order valence-electron chi connectivity index (χ0n) is 7.25. The maximum Gasteiger partial charge on any atom is 0.296 e. The predicted octanol–water partition coefficient (Wildman–Crippen LogP) is 2.64. The third-order valence-electron chi connectivity index (χ3n) is 1.69. The van der Waals surface area contributed by atoms with Gasteiger partial charge in [0.25, 0.3) is 6.01 Å². The van der Waals surface area contributed by atoms with Crippen LogP contribution in [0.1, 0.15) is 0 Å². The minimum Gasteiger partial charge on any atom is -0.423 e. The second kappa shape index (κ2) is 3.72. The molecule has 3 nitrogen and oxygen atoms in total. The average molecular weight is 251 g/mol. The van der Waals surface area contributed by atoms with E-state index in [-0.39, 0.29) is 0 Å². The summed E-state index contributed by atoms with van der Waals surface area (Å²) in [5.74, 6) is 2.45. The van der Waals surface area contributed by atoms with Crippen LogP contribution in [0.4, 0.5) is 6.01 Å². The second-order valence-electron chi connectivity index (χ2n) is 2.69. The van der Waals surface area contributed by atoms with Crippen LogP contribution in [0.5, 0.6) is 0 Å². The normalized spacial score (nSPS) is 10.0. The quantitative estimate of drug-likeness (QED) is 0.834. The van der Waals surface area contributed by atoms with Crippen LogP contribution in [0.25, 0.3) is 11.1 Å². The van der Waals surface area contributed by atoms with Crippen LogP contribution >= 0.6 is 15.9 Å². The molecule has 0 fully saturated rings. The van der Waals surface area contributed by atoms with Gasteiger partial charge >= 0.3 is 0 Å². The molecule has 14 heavy (non-hydrogen) atoms. The first kappa shape index (κ1) is 9.10. The highest BCUT2D eigenvalue weighted by atomic mass is 79.9. The molecule has 0 saturated carbocycles. The van der Waals surface area contributed by atoms with Gasteiger partial charge in [0, 0.05) is 4.47 Å². The second-order valence-corrected chi connectivity index (χ2v) is 3.60. The molecule has 0 bridgehead atoms. The molecule has 1 N–H and O–H groups in total. The van der Waals surface area contributed by atoms with Crippen molar-refractivity contribution in [3.63, 3.8) is 0 Å². The Morgan fingerprint density at radius 2 is 2.43 bits per heavy atom. The number of aromatic nitrogens is 1. The minimum atomic E-state index is 0.411. The van der Waals surface area contributed by atoms with E-state index in [0.717, 1.165) is 15.6 Å². The van der Waals surface area contributed by atoms with Crippen molar-refractivity contribution in [3.05, 3.63) is 22.7 Å². The van der Waals surface area contributed by atoms with Gasteiger partial charge in [0.2, 0.25) is 0 Å². The molecular weight excluding hydrogens is 244 g/mol. The fraction of sp³-hybridized carbons (Fsp3) is 0.100. The molecule has 0 aliphatic carbocycles. The van der Waals surface area contributed by atoms with E-state index in [2.05, 4.69) is 32.2 Å². The predicted molar refractivity (Wildman–Crippen MR) is 59.0 cm³/mol. The summed E-state index contributed by atoms with van der Waals surface area (Å²) < 4.78 is 6.37. The molecule has 0 amide bonds. The third-order valence-corrected chi connectivity index (χ3v) is 2.19. The molecule has 0 aliphatic rings. The molecule has 4 heteroatoms. The van der Waals surface area contributed by atoms with Crippen LogP contribution in [0.2, 0.25) is 0 Å². The van der Waals surface area contributed by atoms with E-state index >= 15 is 0 Å². The van der Waals surface area contributed by atoms with Crippen molar-refractivity contribution < 1.29 is 4.42 Å². The van der Waals surface area contributed by atoms with Crippen LogP contribution < -0.4 is 5.32 Å². The summed E-state index contributed by atoms with van der Waals surface area (Å²) in [6.45, 7) is 0.411. The van der Waals surface area contributed by atoms with E-state index in [1.807, 2.05) is 18.2 Å². The van der Waals surface area contributed by atoms with Gasteiger partial charge in [-0.25, -0.2) is 0 Å². The fourth-order valence-electron chi connectivity index (χ4n) is 1.10. The third kappa shape index (κ3) is 1.73. The van der Waals surface area contributed by atoms with Crippen molar-refractivity contribution in [2.24, 2.45) is 0 Å². The number of nitrogens with zero attached hydrogens (tertiary/aromatic N) is 1. The minimum absolute atomic E-state index is 0.411. The number of terminal acetylenes is 1. The van der Waals surface area contributed by atoms with E-state index < -0.39 is 0 Å². The van der Waals surface area contributed by atoms with Crippen LogP contribution in [-0.4, -0.2) is 11.5 Å². The number of hydrogen-bond donors (Lipinski definition) is 1. The topological polar surface area (TPSA) is 38.1 Å². The molecule has 0 spiro atoms. The maximum absolute atomic E-state index is 5.40. The largest absolute Gasteiger partial charge is 0.423 e. The van der Waals surface area contributed by atoms with Crippen molar-refractivity contribution >= 4 is 33.0 Å². The van der Waals surface area contributed by atoms with Crippen molar-refractivity contribution in [2.75, 3.05) is 11.9 Å². The van der Waals surface area contributed by atoms with Crippen LogP contribution in [0.3, 0.4) is 0 Å². The van der Waals surface area contributed by atoms with Gasteiger partial charge in [-0.05, 0) is 18.2 Å². The van der Waals surface area contributed by atoms with Crippen molar-refractivity contribution in [1.29, 1.82) is 0 Å². The van der Waals surface area contributed by atoms with Gasteiger partial charge in [0.15, 0.2) is 5.58 Å². The summed E-state index contributed by atoms with van der Waals surface area (Å²) in [4.78, 5) is 4.20. The molecule has 1 aromatic heterocycles. The highest BCUT2D eigenvalue weighted by Gasteiger charge is 2.04. The van der Waals surface area contributed by atoms with Gasteiger partial charge in [-0.15, -0.1) is 6.42 Å². The lowest BCUT2D eigenvalue weighted by atomic mass is 10.3. The highest BCUT2D eigenvalue weighted by molar-refractivity contribution is 9.10.